The van der Waals surface area contributed by atoms with Crippen molar-refractivity contribution < 1.29 is 17.9 Å². The molecule has 0 bridgehead atoms. The van der Waals surface area contributed by atoms with Crippen molar-refractivity contribution in [1.29, 1.82) is 0 Å². The standard InChI is InChI=1S/C21H26F3NO/c22-18-12-11-16(26-14-7-5-3-1-2-4-6-13-25)15-17(18)21-19(23)9-8-10-20(21)24/h8-12,15H,1-7,13-14,25H2. The Morgan fingerprint density at radius 2 is 1.35 bits per heavy atom. The second-order valence-electron chi connectivity index (χ2n) is 6.35. The van der Waals surface area contributed by atoms with Crippen LogP contribution in [0.1, 0.15) is 44.9 Å². The van der Waals surface area contributed by atoms with Gasteiger partial charge >= 0.3 is 0 Å². The molecule has 5 heteroatoms. The first kappa shape index (κ1) is 20.3. The fraction of sp³-hybridized carbons (Fsp3) is 0.429. The SMILES string of the molecule is NCCCCCCCCCOc1ccc(F)c(-c2c(F)cccc2F)c1. The van der Waals surface area contributed by atoms with Crippen LogP contribution in [0.2, 0.25) is 0 Å². The summed E-state index contributed by atoms with van der Waals surface area (Å²) in [6.45, 7) is 1.25. The molecule has 0 aliphatic rings. The topological polar surface area (TPSA) is 35.2 Å². The number of halogens is 3. The van der Waals surface area contributed by atoms with E-state index in [-0.39, 0.29) is 11.1 Å². The van der Waals surface area contributed by atoms with Crippen molar-refractivity contribution in [3.8, 4) is 16.9 Å². The first-order chi connectivity index (χ1) is 12.6. The molecule has 2 N–H and O–H groups in total. The molecule has 0 amide bonds. The van der Waals surface area contributed by atoms with Gasteiger partial charge in [-0.25, -0.2) is 13.2 Å². The van der Waals surface area contributed by atoms with E-state index in [0.29, 0.717) is 12.4 Å². The van der Waals surface area contributed by atoms with Gasteiger partial charge in [0.1, 0.15) is 23.2 Å². The van der Waals surface area contributed by atoms with Crippen LogP contribution in [0.3, 0.4) is 0 Å². The Bertz CT molecular complexity index is 671. The normalized spacial score (nSPS) is 10.9. The highest BCUT2D eigenvalue weighted by Gasteiger charge is 2.16. The average Bonchev–Trinajstić information content (AvgIpc) is 2.62. The molecule has 2 nitrogen and oxygen atoms in total. The Morgan fingerprint density at radius 1 is 0.731 bits per heavy atom. The molecule has 2 aromatic rings. The molecule has 0 atom stereocenters. The number of ether oxygens (including phenoxy) is 1. The summed E-state index contributed by atoms with van der Waals surface area (Å²) < 4.78 is 47.4. The molecule has 2 rings (SSSR count). The Morgan fingerprint density at radius 3 is 2.00 bits per heavy atom. The molecular weight excluding hydrogens is 339 g/mol. The molecule has 2 aromatic carbocycles. The maximum absolute atomic E-state index is 14.0. The maximum Gasteiger partial charge on any atom is 0.134 e. The summed E-state index contributed by atoms with van der Waals surface area (Å²) in [5.41, 5.74) is 4.96. The minimum atomic E-state index is -0.796. The van der Waals surface area contributed by atoms with E-state index in [1.165, 1.54) is 43.5 Å². The number of nitrogens with two attached hydrogens (primary N) is 1. The van der Waals surface area contributed by atoms with Gasteiger partial charge in [0.15, 0.2) is 0 Å². The zero-order valence-corrected chi connectivity index (χ0v) is 14.9. The number of rotatable bonds is 11. The lowest BCUT2D eigenvalue weighted by Gasteiger charge is -2.10. The van der Waals surface area contributed by atoms with E-state index < -0.39 is 17.5 Å². The molecule has 0 radical (unpaired) electrons. The lowest BCUT2D eigenvalue weighted by Crippen LogP contribution is -1.99. The zero-order valence-electron chi connectivity index (χ0n) is 14.9. The van der Waals surface area contributed by atoms with E-state index in [1.54, 1.807) is 0 Å². The van der Waals surface area contributed by atoms with Crippen LogP contribution in [0.4, 0.5) is 13.2 Å². The molecule has 0 saturated carbocycles. The Balaban J connectivity index is 1.84. The Kier molecular flexibility index (Phi) is 8.48. The van der Waals surface area contributed by atoms with Crippen molar-refractivity contribution in [2.75, 3.05) is 13.2 Å². The largest absolute Gasteiger partial charge is 0.494 e. The molecule has 0 aliphatic heterocycles. The Labute approximate surface area is 153 Å². The van der Waals surface area contributed by atoms with Gasteiger partial charge in [-0.1, -0.05) is 38.2 Å². The maximum atomic E-state index is 14.0. The minimum absolute atomic E-state index is 0.127. The van der Waals surface area contributed by atoms with Crippen LogP contribution in [-0.4, -0.2) is 13.2 Å². The summed E-state index contributed by atoms with van der Waals surface area (Å²) in [5.74, 6) is -1.86. The van der Waals surface area contributed by atoms with Gasteiger partial charge in [-0.15, -0.1) is 0 Å². The molecule has 0 heterocycles. The number of hydrogen-bond acceptors (Lipinski definition) is 2. The Hall–Kier alpha value is -2.01. The molecule has 0 aliphatic carbocycles. The van der Waals surface area contributed by atoms with Gasteiger partial charge in [-0.2, -0.15) is 0 Å². The number of hydrogen-bond donors (Lipinski definition) is 1. The van der Waals surface area contributed by atoms with Gasteiger partial charge in [0.05, 0.1) is 12.2 Å². The summed E-state index contributed by atoms with van der Waals surface area (Å²) >= 11 is 0. The van der Waals surface area contributed by atoms with Crippen molar-refractivity contribution in [1.82, 2.24) is 0 Å². The quantitative estimate of drug-likeness (QED) is 0.508. The van der Waals surface area contributed by atoms with Crippen LogP contribution in [0, 0.1) is 17.5 Å². The fourth-order valence-electron chi connectivity index (χ4n) is 2.86. The predicted octanol–water partition coefficient (Wildman–Crippen LogP) is 5.84. The van der Waals surface area contributed by atoms with Crippen LogP contribution in [0.15, 0.2) is 36.4 Å². The van der Waals surface area contributed by atoms with E-state index >= 15 is 0 Å². The van der Waals surface area contributed by atoms with Crippen LogP contribution < -0.4 is 10.5 Å². The van der Waals surface area contributed by atoms with Gasteiger partial charge < -0.3 is 10.5 Å². The first-order valence-corrected chi connectivity index (χ1v) is 9.20. The van der Waals surface area contributed by atoms with E-state index in [9.17, 15) is 13.2 Å². The summed E-state index contributed by atoms with van der Waals surface area (Å²) in [4.78, 5) is 0. The highest BCUT2D eigenvalue weighted by molar-refractivity contribution is 5.67. The molecule has 26 heavy (non-hydrogen) atoms. The fourth-order valence-corrected chi connectivity index (χ4v) is 2.86. The summed E-state index contributed by atoms with van der Waals surface area (Å²) in [7, 11) is 0. The zero-order chi connectivity index (χ0) is 18.8. The highest BCUT2D eigenvalue weighted by atomic mass is 19.1. The molecule has 0 spiro atoms. The summed E-state index contributed by atoms with van der Waals surface area (Å²) in [6, 6.07) is 7.47. The van der Waals surface area contributed by atoms with Crippen LogP contribution in [-0.2, 0) is 0 Å². The second kappa shape index (κ2) is 10.9. The third kappa shape index (κ3) is 6.06. The van der Waals surface area contributed by atoms with Crippen molar-refractivity contribution in [2.24, 2.45) is 5.73 Å². The van der Waals surface area contributed by atoms with Gasteiger partial charge in [-0.3, -0.25) is 0 Å². The molecule has 0 fully saturated rings. The van der Waals surface area contributed by atoms with Crippen molar-refractivity contribution >= 4 is 0 Å². The summed E-state index contributed by atoms with van der Waals surface area (Å²) in [6.07, 6.45) is 7.73. The second-order valence-corrected chi connectivity index (χ2v) is 6.35. The van der Waals surface area contributed by atoms with Crippen LogP contribution >= 0.6 is 0 Å². The van der Waals surface area contributed by atoms with E-state index in [0.717, 1.165) is 44.4 Å². The van der Waals surface area contributed by atoms with Crippen molar-refractivity contribution in [3.63, 3.8) is 0 Å². The minimum Gasteiger partial charge on any atom is -0.494 e. The third-order valence-corrected chi connectivity index (χ3v) is 4.29. The average molecular weight is 365 g/mol. The molecular formula is C21H26F3NO. The van der Waals surface area contributed by atoms with E-state index in [4.69, 9.17) is 10.5 Å². The molecule has 142 valence electrons. The molecule has 0 saturated heterocycles. The lowest BCUT2D eigenvalue weighted by molar-refractivity contribution is 0.304. The smallest absolute Gasteiger partial charge is 0.134 e. The lowest BCUT2D eigenvalue weighted by atomic mass is 10.0. The van der Waals surface area contributed by atoms with Gasteiger partial charge in [0.2, 0.25) is 0 Å². The van der Waals surface area contributed by atoms with Crippen molar-refractivity contribution in [2.45, 2.75) is 44.9 Å². The van der Waals surface area contributed by atoms with Crippen LogP contribution in [0.25, 0.3) is 11.1 Å². The van der Waals surface area contributed by atoms with E-state index in [1.807, 2.05) is 0 Å². The number of benzene rings is 2. The van der Waals surface area contributed by atoms with E-state index in [2.05, 4.69) is 0 Å². The third-order valence-electron chi connectivity index (χ3n) is 4.29. The van der Waals surface area contributed by atoms with Gasteiger partial charge in [-0.05, 0) is 49.7 Å². The monoisotopic (exact) mass is 365 g/mol. The molecule has 0 unspecified atom stereocenters. The molecule has 0 aromatic heterocycles. The van der Waals surface area contributed by atoms with Gasteiger partial charge in [0, 0.05) is 5.56 Å². The first-order valence-electron chi connectivity index (χ1n) is 9.20. The van der Waals surface area contributed by atoms with Crippen molar-refractivity contribution in [3.05, 3.63) is 53.8 Å². The van der Waals surface area contributed by atoms with Gasteiger partial charge in [0.25, 0.3) is 0 Å². The van der Waals surface area contributed by atoms with Crippen LogP contribution in [0.5, 0.6) is 5.75 Å². The number of unbranched alkanes of at least 4 members (excludes halogenated alkanes) is 6. The predicted molar refractivity (Wildman–Crippen MR) is 98.6 cm³/mol. The highest BCUT2D eigenvalue weighted by Crippen LogP contribution is 2.31. The summed E-state index contributed by atoms with van der Waals surface area (Å²) in [5, 5.41) is 0.